The Labute approximate surface area is 76.4 Å². The lowest BCUT2D eigenvalue weighted by atomic mass is 10.1. The van der Waals surface area contributed by atoms with E-state index in [0.29, 0.717) is 0 Å². The minimum absolute atomic E-state index is 0.0399. The molecule has 2 aromatic rings. The fourth-order valence-corrected chi connectivity index (χ4v) is 1.56. The third kappa shape index (κ3) is 1.15. The number of fused-ring (bicyclic) bond motifs is 1. The molecular formula is C11H11NO. The first-order valence-corrected chi connectivity index (χ1v) is 4.25. The molecule has 0 saturated heterocycles. The quantitative estimate of drug-likeness (QED) is 0.596. The summed E-state index contributed by atoms with van der Waals surface area (Å²) in [6.07, 6.45) is 0. The maximum Gasteiger partial charge on any atom is 0.250 e. The molecule has 2 rings (SSSR count). The Morgan fingerprint density at radius 1 is 1.15 bits per heavy atom. The van der Waals surface area contributed by atoms with E-state index in [0.717, 1.165) is 10.9 Å². The first-order valence-electron chi connectivity index (χ1n) is 4.25. The molecule has 0 spiro atoms. The zero-order valence-corrected chi connectivity index (χ0v) is 7.74. The number of rotatable bonds is 0. The summed E-state index contributed by atoms with van der Waals surface area (Å²) in [7, 11) is 1.80. The van der Waals surface area contributed by atoms with Crippen LogP contribution in [-0.2, 0) is 7.05 Å². The molecule has 0 amide bonds. The summed E-state index contributed by atoms with van der Waals surface area (Å²) in [5.74, 6) is 0. The van der Waals surface area contributed by atoms with Crippen molar-refractivity contribution in [2.45, 2.75) is 6.92 Å². The molecule has 0 saturated carbocycles. The zero-order valence-electron chi connectivity index (χ0n) is 7.74. The van der Waals surface area contributed by atoms with Crippen molar-refractivity contribution in [1.29, 1.82) is 0 Å². The van der Waals surface area contributed by atoms with Crippen molar-refractivity contribution in [2.24, 2.45) is 7.05 Å². The van der Waals surface area contributed by atoms with Crippen LogP contribution < -0.4 is 5.56 Å². The van der Waals surface area contributed by atoms with Crippen LogP contribution in [0.25, 0.3) is 10.9 Å². The normalized spacial score (nSPS) is 10.6. The van der Waals surface area contributed by atoms with Gasteiger partial charge in [0.2, 0.25) is 0 Å². The van der Waals surface area contributed by atoms with Gasteiger partial charge in [-0.3, -0.25) is 4.79 Å². The predicted molar refractivity (Wildman–Crippen MR) is 53.9 cm³/mol. The van der Waals surface area contributed by atoms with Crippen molar-refractivity contribution in [3.8, 4) is 0 Å². The Morgan fingerprint density at radius 3 is 2.69 bits per heavy atom. The molecule has 2 nitrogen and oxygen atoms in total. The van der Waals surface area contributed by atoms with Crippen molar-refractivity contribution in [1.82, 2.24) is 4.57 Å². The molecule has 0 fully saturated rings. The van der Waals surface area contributed by atoms with Crippen molar-refractivity contribution in [3.63, 3.8) is 0 Å². The van der Waals surface area contributed by atoms with E-state index in [1.54, 1.807) is 17.7 Å². The van der Waals surface area contributed by atoms with Crippen molar-refractivity contribution >= 4 is 10.9 Å². The second-order valence-electron chi connectivity index (χ2n) is 3.24. The van der Waals surface area contributed by atoms with E-state index in [1.807, 2.05) is 31.2 Å². The molecule has 1 aromatic heterocycles. The van der Waals surface area contributed by atoms with E-state index < -0.39 is 0 Å². The minimum atomic E-state index is 0.0399. The van der Waals surface area contributed by atoms with E-state index in [4.69, 9.17) is 0 Å². The van der Waals surface area contributed by atoms with E-state index >= 15 is 0 Å². The molecule has 0 unspecified atom stereocenters. The number of aromatic nitrogens is 1. The molecular weight excluding hydrogens is 162 g/mol. The Morgan fingerprint density at radius 2 is 1.92 bits per heavy atom. The second kappa shape index (κ2) is 2.73. The monoisotopic (exact) mass is 173 g/mol. The lowest BCUT2D eigenvalue weighted by Gasteiger charge is -2.05. The molecule has 1 heterocycles. The van der Waals surface area contributed by atoms with Crippen molar-refractivity contribution < 1.29 is 0 Å². The lowest BCUT2D eigenvalue weighted by molar-refractivity contribution is 0.905. The van der Waals surface area contributed by atoms with Gasteiger partial charge in [0, 0.05) is 18.5 Å². The summed E-state index contributed by atoms with van der Waals surface area (Å²) in [5, 5.41) is 1.14. The summed E-state index contributed by atoms with van der Waals surface area (Å²) in [4.78, 5) is 11.3. The molecule has 0 N–H and O–H groups in total. The van der Waals surface area contributed by atoms with Crippen LogP contribution in [-0.4, -0.2) is 4.57 Å². The fourth-order valence-electron chi connectivity index (χ4n) is 1.56. The van der Waals surface area contributed by atoms with Crippen LogP contribution in [0.15, 0.2) is 35.1 Å². The number of benzene rings is 1. The molecule has 0 radical (unpaired) electrons. The number of pyridine rings is 1. The number of nitrogens with zero attached hydrogens (tertiary/aromatic N) is 1. The lowest BCUT2D eigenvalue weighted by Crippen LogP contribution is -2.15. The van der Waals surface area contributed by atoms with Gasteiger partial charge in [-0.1, -0.05) is 12.1 Å². The van der Waals surface area contributed by atoms with Gasteiger partial charge in [-0.2, -0.15) is 0 Å². The van der Waals surface area contributed by atoms with Crippen LogP contribution >= 0.6 is 0 Å². The highest BCUT2D eigenvalue weighted by molar-refractivity contribution is 5.82. The zero-order chi connectivity index (χ0) is 9.42. The summed E-state index contributed by atoms with van der Waals surface area (Å²) < 4.78 is 1.67. The Bertz CT molecular complexity index is 511. The topological polar surface area (TPSA) is 22.0 Å². The summed E-state index contributed by atoms with van der Waals surface area (Å²) >= 11 is 0. The average molecular weight is 173 g/mol. The molecule has 0 aliphatic rings. The third-order valence-electron chi connectivity index (χ3n) is 2.39. The van der Waals surface area contributed by atoms with Gasteiger partial charge >= 0.3 is 0 Å². The maximum atomic E-state index is 11.3. The molecule has 2 heteroatoms. The Hall–Kier alpha value is -1.57. The fraction of sp³-hybridized carbons (Fsp3) is 0.182. The van der Waals surface area contributed by atoms with Gasteiger partial charge in [-0.05, 0) is 24.6 Å². The standard InChI is InChI=1S/C11H11NO/c1-8-4-3-5-10-9(8)6-7-11(13)12(10)2/h3-7H,1-2H3. The van der Waals surface area contributed by atoms with Crippen LogP contribution in [0.3, 0.4) is 0 Å². The Balaban J connectivity index is 3.03. The number of hydrogen-bond donors (Lipinski definition) is 0. The van der Waals surface area contributed by atoms with Crippen LogP contribution in [0.4, 0.5) is 0 Å². The van der Waals surface area contributed by atoms with Crippen LogP contribution in [0, 0.1) is 6.92 Å². The second-order valence-corrected chi connectivity index (χ2v) is 3.24. The molecule has 0 aliphatic carbocycles. The van der Waals surface area contributed by atoms with E-state index in [1.165, 1.54) is 5.56 Å². The smallest absolute Gasteiger partial charge is 0.250 e. The van der Waals surface area contributed by atoms with Crippen molar-refractivity contribution in [3.05, 3.63) is 46.2 Å². The van der Waals surface area contributed by atoms with Gasteiger partial charge in [-0.15, -0.1) is 0 Å². The first-order chi connectivity index (χ1) is 6.20. The van der Waals surface area contributed by atoms with E-state index in [2.05, 4.69) is 0 Å². The highest BCUT2D eigenvalue weighted by Crippen LogP contribution is 2.14. The van der Waals surface area contributed by atoms with Crippen LogP contribution in [0.2, 0.25) is 0 Å². The van der Waals surface area contributed by atoms with Crippen LogP contribution in [0.5, 0.6) is 0 Å². The van der Waals surface area contributed by atoms with E-state index in [9.17, 15) is 4.79 Å². The molecule has 0 atom stereocenters. The first kappa shape index (κ1) is 8.05. The number of aryl methyl sites for hydroxylation is 2. The molecule has 0 bridgehead atoms. The molecule has 1 aromatic carbocycles. The average Bonchev–Trinajstić information content (AvgIpc) is 2.12. The van der Waals surface area contributed by atoms with E-state index in [-0.39, 0.29) is 5.56 Å². The van der Waals surface area contributed by atoms with Crippen LogP contribution in [0.1, 0.15) is 5.56 Å². The van der Waals surface area contributed by atoms with Gasteiger partial charge in [0.15, 0.2) is 0 Å². The largest absolute Gasteiger partial charge is 0.311 e. The van der Waals surface area contributed by atoms with Gasteiger partial charge < -0.3 is 4.57 Å². The highest BCUT2D eigenvalue weighted by Gasteiger charge is 1.99. The van der Waals surface area contributed by atoms with Gasteiger partial charge in [0.1, 0.15) is 0 Å². The van der Waals surface area contributed by atoms with Crippen molar-refractivity contribution in [2.75, 3.05) is 0 Å². The molecule has 0 aliphatic heterocycles. The predicted octanol–water partition coefficient (Wildman–Crippen LogP) is 1.85. The highest BCUT2D eigenvalue weighted by atomic mass is 16.1. The molecule has 13 heavy (non-hydrogen) atoms. The minimum Gasteiger partial charge on any atom is -0.311 e. The summed E-state index contributed by atoms with van der Waals surface area (Å²) in [5.41, 5.74) is 2.23. The van der Waals surface area contributed by atoms with Gasteiger partial charge in [0.25, 0.3) is 5.56 Å². The summed E-state index contributed by atoms with van der Waals surface area (Å²) in [6, 6.07) is 9.47. The SMILES string of the molecule is Cc1cccc2c1ccc(=O)n2C. The summed E-state index contributed by atoms with van der Waals surface area (Å²) in [6.45, 7) is 2.05. The van der Waals surface area contributed by atoms with Gasteiger partial charge in [0.05, 0.1) is 5.52 Å². The third-order valence-corrected chi connectivity index (χ3v) is 2.39. The van der Waals surface area contributed by atoms with Gasteiger partial charge in [-0.25, -0.2) is 0 Å². The maximum absolute atomic E-state index is 11.3. The Kier molecular flexibility index (Phi) is 1.69. The number of hydrogen-bond acceptors (Lipinski definition) is 1. The molecule has 66 valence electrons.